The van der Waals surface area contributed by atoms with E-state index in [2.05, 4.69) is 10.2 Å². The molecule has 0 aliphatic heterocycles. The Kier molecular flexibility index (Phi) is 11.7. The van der Waals surface area contributed by atoms with Gasteiger partial charge in [0.2, 0.25) is 17.7 Å². The van der Waals surface area contributed by atoms with Gasteiger partial charge in [-0.3, -0.25) is 14.4 Å². The van der Waals surface area contributed by atoms with Crippen LogP contribution in [0, 0.1) is 17.8 Å². The Labute approximate surface area is 307 Å². The summed E-state index contributed by atoms with van der Waals surface area (Å²) in [4.78, 5) is 57.2. The summed E-state index contributed by atoms with van der Waals surface area (Å²) in [6, 6.07) is 33.4. The number of H-pyrrole nitrogens is 1. The fourth-order valence-corrected chi connectivity index (χ4v) is 6.87. The Hall–Kier alpha value is -6.17. The summed E-state index contributed by atoms with van der Waals surface area (Å²) in [6.45, 7) is 4.95. The molecule has 0 bridgehead atoms. The van der Waals surface area contributed by atoms with Gasteiger partial charge in [0, 0.05) is 26.2 Å². The Morgan fingerprint density at radius 1 is 0.660 bits per heavy atom. The molecule has 1 aromatic heterocycles. The van der Waals surface area contributed by atoms with E-state index in [1.807, 2.05) is 123 Å². The van der Waals surface area contributed by atoms with E-state index >= 15 is 0 Å². The van der Waals surface area contributed by atoms with Crippen LogP contribution in [0.25, 0.3) is 0 Å². The first-order valence-electron chi connectivity index (χ1n) is 17.7. The zero-order valence-corrected chi connectivity index (χ0v) is 29.6. The average Bonchev–Trinajstić information content (AvgIpc) is 3.58. The fourth-order valence-electron chi connectivity index (χ4n) is 6.87. The van der Waals surface area contributed by atoms with E-state index < -0.39 is 47.2 Å². The van der Waals surface area contributed by atoms with Crippen molar-refractivity contribution in [2.75, 3.05) is 13.1 Å². The second-order valence-corrected chi connectivity index (χ2v) is 13.0. The Morgan fingerprint density at radius 3 is 1.49 bits per heavy atom. The second-order valence-electron chi connectivity index (χ2n) is 13.0. The van der Waals surface area contributed by atoms with E-state index in [1.54, 1.807) is 9.80 Å². The molecule has 1 aliphatic carbocycles. The third-order valence-corrected chi connectivity index (χ3v) is 9.30. The molecule has 4 unspecified atom stereocenters. The van der Waals surface area contributed by atoms with Crippen LogP contribution in [0.5, 0.6) is 23.0 Å². The van der Waals surface area contributed by atoms with Gasteiger partial charge in [0.25, 0.3) is 0 Å². The number of hydrogen-bond donors (Lipinski definition) is 2. The minimum absolute atomic E-state index is 0.195. The maximum Gasteiger partial charge on any atom is 0.434 e. The predicted molar refractivity (Wildman–Crippen MR) is 195 cm³/mol. The molecule has 1 saturated carbocycles. The van der Waals surface area contributed by atoms with Crippen LogP contribution >= 0.6 is 0 Å². The van der Waals surface area contributed by atoms with E-state index in [9.17, 15) is 24.3 Å². The molecule has 4 atom stereocenters. The van der Waals surface area contributed by atoms with Crippen molar-refractivity contribution in [1.82, 2.24) is 20.0 Å². The quantitative estimate of drug-likeness (QED) is 0.111. The summed E-state index contributed by atoms with van der Waals surface area (Å²) in [5, 5.41) is 16.6. The average molecular weight is 719 g/mol. The molecular weight excluding hydrogens is 676 g/mol. The molecule has 0 radical (unpaired) electrons. The summed E-state index contributed by atoms with van der Waals surface area (Å²) >= 11 is 0. The number of nitrogens with one attached hydrogen (secondary N) is 1. The molecule has 5 aromatic rings. The standard InChI is InChI=1S/C41H42N4O8/c1-3-23-44(25-27-15-19-31(20-16-27)51-29-11-7-5-8-12-29)38(46)34-33(37-42-43-41(50)53-37)36(40(48)49)35(34)39(47)45(24-4-2)26-28-17-21-32(22-18-28)52-30-13-9-6-10-14-30/h5-22,33-36H,3-4,23-26H2,1-2H3,(H,43,50)(H,48,49). The first-order chi connectivity index (χ1) is 25.7. The lowest BCUT2D eigenvalue weighted by atomic mass is 9.55. The van der Waals surface area contributed by atoms with Crippen molar-refractivity contribution in [1.29, 1.82) is 0 Å². The lowest BCUT2D eigenvalue weighted by Gasteiger charge is -2.48. The van der Waals surface area contributed by atoms with Gasteiger partial charge in [-0.1, -0.05) is 74.5 Å². The number of nitrogens with zero attached hydrogens (tertiary/aromatic N) is 3. The minimum Gasteiger partial charge on any atom is -0.481 e. The number of rotatable bonds is 16. The van der Waals surface area contributed by atoms with Gasteiger partial charge in [-0.05, 0) is 72.5 Å². The zero-order chi connectivity index (χ0) is 37.3. The predicted octanol–water partition coefficient (Wildman–Crippen LogP) is 6.86. The maximum absolute atomic E-state index is 14.6. The zero-order valence-electron chi connectivity index (χ0n) is 29.6. The number of amides is 2. The number of aromatic amines is 1. The van der Waals surface area contributed by atoms with E-state index in [-0.39, 0.29) is 19.0 Å². The van der Waals surface area contributed by atoms with Crippen molar-refractivity contribution in [2.45, 2.75) is 45.7 Å². The fraction of sp³-hybridized carbons (Fsp3) is 0.293. The number of ether oxygens (including phenoxy) is 2. The number of benzene rings is 4. The van der Waals surface area contributed by atoms with Gasteiger partial charge >= 0.3 is 11.7 Å². The van der Waals surface area contributed by atoms with E-state index in [4.69, 9.17) is 13.9 Å². The monoisotopic (exact) mass is 718 g/mol. The van der Waals surface area contributed by atoms with Crippen molar-refractivity contribution in [3.05, 3.63) is 137 Å². The first kappa shape index (κ1) is 36.6. The van der Waals surface area contributed by atoms with Crippen LogP contribution in [-0.2, 0) is 27.5 Å². The number of aromatic nitrogens is 2. The SMILES string of the molecule is CCCN(Cc1ccc(Oc2ccccc2)cc1)C(=O)C1C(C(=O)O)C(c2n[nH]c(=O)o2)C1C(=O)N(CCC)Cc1ccc(Oc2ccccc2)cc1. The molecule has 274 valence electrons. The summed E-state index contributed by atoms with van der Waals surface area (Å²) < 4.78 is 17.1. The van der Waals surface area contributed by atoms with Gasteiger partial charge in [0.15, 0.2) is 0 Å². The van der Waals surface area contributed by atoms with Crippen molar-refractivity contribution in [3.63, 3.8) is 0 Å². The van der Waals surface area contributed by atoms with Crippen molar-refractivity contribution < 1.29 is 33.4 Å². The van der Waals surface area contributed by atoms with Gasteiger partial charge in [-0.25, -0.2) is 9.89 Å². The number of para-hydroxylation sites is 2. The molecule has 12 heteroatoms. The topological polar surface area (TPSA) is 155 Å². The molecule has 1 aliphatic rings. The highest BCUT2D eigenvalue weighted by molar-refractivity contribution is 5.95. The highest BCUT2D eigenvalue weighted by atomic mass is 16.5. The summed E-state index contributed by atoms with van der Waals surface area (Å²) in [6.07, 6.45) is 1.22. The molecule has 1 fully saturated rings. The van der Waals surface area contributed by atoms with Gasteiger partial charge in [-0.15, -0.1) is 5.10 Å². The highest BCUT2D eigenvalue weighted by Crippen LogP contribution is 2.53. The van der Waals surface area contributed by atoms with Crippen molar-refractivity contribution in [2.24, 2.45) is 17.8 Å². The molecule has 2 amide bonds. The number of carboxylic acids is 1. The van der Waals surface area contributed by atoms with Gasteiger partial charge < -0.3 is 28.8 Å². The van der Waals surface area contributed by atoms with Gasteiger partial charge in [-0.2, -0.15) is 0 Å². The largest absolute Gasteiger partial charge is 0.481 e. The highest BCUT2D eigenvalue weighted by Gasteiger charge is 2.64. The normalized spacial score (nSPS) is 17.7. The number of aliphatic carboxylic acids is 1. The Bertz CT molecular complexity index is 2030. The molecule has 6 rings (SSSR count). The molecule has 53 heavy (non-hydrogen) atoms. The van der Waals surface area contributed by atoms with Crippen LogP contribution < -0.4 is 15.2 Å². The van der Waals surface area contributed by atoms with E-state index in [1.165, 1.54) is 0 Å². The smallest absolute Gasteiger partial charge is 0.434 e. The first-order valence-corrected chi connectivity index (χ1v) is 17.7. The minimum atomic E-state index is -1.35. The van der Waals surface area contributed by atoms with Crippen LogP contribution in [0.4, 0.5) is 0 Å². The second kappa shape index (κ2) is 16.9. The number of carboxylic acid groups (broad SMARTS) is 1. The van der Waals surface area contributed by atoms with Crippen LogP contribution in [0.1, 0.15) is 49.6 Å². The third kappa shape index (κ3) is 8.66. The van der Waals surface area contributed by atoms with Crippen LogP contribution in [0.3, 0.4) is 0 Å². The molecular formula is C41H42N4O8. The van der Waals surface area contributed by atoms with Crippen LogP contribution in [0.15, 0.2) is 118 Å². The summed E-state index contributed by atoms with van der Waals surface area (Å²) in [5.74, 6) is -5.43. The van der Waals surface area contributed by atoms with Crippen LogP contribution in [0.2, 0.25) is 0 Å². The number of carbonyl (C=O) groups excluding carboxylic acids is 2. The van der Waals surface area contributed by atoms with Crippen molar-refractivity contribution in [3.8, 4) is 23.0 Å². The molecule has 1 heterocycles. The molecule has 12 nitrogen and oxygen atoms in total. The molecule has 0 spiro atoms. The molecule has 0 saturated heterocycles. The maximum atomic E-state index is 14.6. The van der Waals surface area contributed by atoms with E-state index in [0.29, 0.717) is 48.9 Å². The summed E-state index contributed by atoms with van der Waals surface area (Å²) in [7, 11) is 0. The number of carbonyl (C=O) groups is 3. The third-order valence-electron chi connectivity index (χ3n) is 9.30. The van der Waals surface area contributed by atoms with E-state index in [0.717, 1.165) is 11.1 Å². The molecule has 4 aromatic carbocycles. The molecule has 2 N–H and O–H groups in total. The lowest BCUT2D eigenvalue weighted by molar-refractivity contribution is -0.173. The summed E-state index contributed by atoms with van der Waals surface area (Å²) in [5.41, 5.74) is 1.63. The lowest BCUT2D eigenvalue weighted by Crippen LogP contribution is -2.61. The van der Waals surface area contributed by atoms with Crippen molar-refractivity contribution >= 4 is 17.8 Å². The van der Waals surface area contributed by atoms with Gasteiger partial charge in [0.1, 0.15) is 23.0 Å². The Balaban J connectivity index is 1.25. The number of hydrogen-bond acceptors (Lipinski definition) is 8. The van der Waals surface area contributed by atoms with Gasteiger partial charge in [0.05, 0.1) is 23.7 Å². The van der Waals surface area contributed by atoms with Crippen LogP contribution in [-0.4, -0.2) is 56.0 Å². The Morgan fingerprint density at radius 2 is 1.09 bits per heavy atom.